The lowest BCUT2D eigenvalue weighted by Crippen LogP contribution is -2.27. The fraction of sp³-hybridized carbons (Fsp3) is 0.185. The zero-order chi connectivity index (χ0) is 24.1. The molecule has 4 nitrogen and oxygen atoms in total. The maximum Gasteiger partial charge on any atom is 0.266 e. The molecule has 0 aromatic heterocycles. The predicted molar refractivity (Wildman–Crippen MR) is 146 cm³/mol. The molecule has 0 bridgehead atoms. The number of hydrogen-bond acceptors (Lipinski definition) is 5. The van der Waals surface area contributed by atoms with Gasteiger partial charge in [-0.3, -0.25) is 9.69 Å². The second-order valence-corrected chi connectivity index (χ2v) is 10.4. The Balaban J connectivity index is 1.49. The summed E-state index contributed by atoms with van der Waals surface area (Å²) in [6.07, 6.45) is 1.86. The van der Waals surface area contributed by atoms with Gasteiger partial charge in [0.25, 0.3) is 5.91 Å². The Morgan fingerprint density at radius 2 is 1.68 bits per heavy atom. The normalized spacial score (nSPS) is 14.7. The van der Waals surface area contributed by atoms with Gasteiger partial charge in [0.05, 0.1) is 18.1 Å². The summed E-state index contributed by atoms with van der Waals surface area (Å²) in [6.45, 7) is 5.39. The van der Waals surface area contributed by atoms with Crippen LogP contribution in [-0.2, 0) is 17.9 Å². The molecule has 3 aromatic rings. The molecule has 1 aliphatic heterocycles. The molecular formula is C27H24BrNO3S2. The van der Waals surface area contributed by atoms with Gasteiger partial charge in [0.2, 0.25) is 0 Å². The van der Waals surface area contributed by atoms with Crippen molar-refractivity contribution in [3.63, 3.8) is 0 Å². The Kier molecular flexibility index (Phi) is 8.08. The van der Waals surface area contributed by atoms with E-state index in [-0.39, 0.29) is 5.91 Å². The van der Waals surface area contributed by atoms with Crippen molar-refractivity contribution in [1.29, 1.82) is 0 Å². The monoisotopic (exact) mass is 553 g/mol. The standard InChI is InChI=1S/C27H24BrNO3S2/c1-3-31-24-14-21(10-13-23(24)32-17-20-8-11-22(28)12-9-20)15-25-26(30)29(27(33)34-25)16-19-6-4-18(2)5-7-19/h4-15H,3,16-17H2,1-2H3. The smallest absolute Gasteiger partial charge is 0.266 e. The maximum absolute atomic E-state index is 13.0. The van der Waals surface area contributed by atoms with E-state index in [9.17, 15) is 4.79 Å². The van der Waals surface area contributed by atoms with Crippen LogP contribution in [0.1, 0.15) is 29.2 Å². The molecule has 0 aliphatic carbocycles. The van der Waals surface area contributed by atoms with Gasteiger partial charge in [0.15, 0.2) is 11.5 Å². The van der Waals surface area contributed by atoms with E-state index in [1.807, 2.05) is 86.7 Å². The average molecular weight is 555 g/mol. The van der Waals surface area contributed by atoms with Crippen molar-refractivity contribution in [2.75, 3.05) is 6.61 Å². The van der Waals surface area contributed by atoms with Crippen LogP contribution in [0.4, 0.5) is 0 Å². The predicted octanol–water partition coefficient (Wildman–Crippen LogP) is 7.14. The maximum atomic E-state index is 13.0. The molecule has 0 atom stereocenters. The van der Waals surface area contributed by atoms with Gasteiger partial charge in [0, 0.05) is 4.47 Å². The Labute approximate surface area is 218 Å². The summed E-state index contributed by atoms with van der Waals surface area (Å²) in [5, 5.41) is 0. The topological polar surface area (TPSA) is 38.8 Å². The third kappa shape index (κ3) is 6.09. The lowest BCUT2D eigenvalue weighted by molar-refractivity contribution is -0.122. The minimum Gasteiger partial charge on any atom is -0.490 e. The molecule has 3 aromatic carbocycles. The van der Waals surface area contributed by atoms with Crippen LogP contribution >= 0.6 is 39.9 Å². The van der Waals surface area contributed by atoms with Gasteiger partial charge in [-0.15, -0.1) is 0 Å². The number of amides is 1. The second-order valence-electron chi connectivity index (χ2n) is 7.81. The number of benzene rings is 3. The van der Waals surface area contributed by atoms with Crippen LogP contribution < -0.4 is 9.47 Å². The van der Waals surface area contributed by atoms with E-state index in [0.29, 0.717) is 40.5 Å². The number of ether oxygens (including phenoxy) is 2. The first-order chi connectivity index (χ1) is 16.4. The molecule has 0 unspecified atom stereocenters. The van der Waals surface area contributed by atoms with Gasteiger partial charge < -0.3 is 9.47 Å². The summed E-state index contributed by atoms with van der Waals surface area (Å²) < 4.78 is 13.4. The number of carbonyl (C=O) groups excluding carboxylic acids is 1. The number of carbonyl (C=O) groups is 1. The van der Waals surface area contributed by atoms with Crippen molar-refractivity contribution in [2.45, 2.75) is 27.0 Å². The van der Waals surface area contributed by atoms with Crippen molar-refractivity contribution >= 4 is 56.2 Å². The molecule has 0 spiro atoms. The minimum absolute atomic E-state index is 0.0795. The molecule has 0 saturated carbocycles. The zero-order valence-electron chi connectivity index (χ0n) is 18.9. The third-order valence-electron chi connectivity index (χ3n) is 5.21. The highest BCUT2D eigenvalue weighted by molar-refractivity contribution is 9.10. The number of nitrogens with zero attached hydrogens (tertiary/aromatic N) is 1. The Morgan fingerprint density at radius 3 is 2.38 bits per heavy atom. The Morgan fingerprint density at radius 1 is 0.971 bits per heavy atom. The lowest BCUT2D eigenvalue weighted by Gasteiger charge is -2.14. The Bertz CT molecular complexity index is 1220. The van der Waals surface area contributed by atoms with Crippen molar-refractivity contribution in [2.24, 2.45) is 0 Å². The van der Waals surface area contributed by atoms with Crippen molar-refractivity contribution < 1.29 is 14.3 Å². The van der Waals surface area contributed by atoms with Gasteiger partial charge in [0.1, 0.15) is 10.9 Å². The van der Waals surface area contributed by atoms with E-state index in [2.05, 4.69) is 15.9 Å². The molecule has 1 amide bonds. The highest BCUT2D eigenvalue weighted by atomic mass is 79.9. The van der Waals surface area contributed by atoms with E-state index < -0.39 is 0 Å². The fourth-order valence-corrected chi connectivity index (χ4v) is 4.93. The van der Waals surface area contributed by atoms with Crippen LogP contribution in [0.2, 0.25) is 0 Å². The van der Waals surface area contributed by atoms with Crippen LogP contribution in [0, 0.1) is 6.92 Å². The van der Waals surface area contributed by atoms with Crippen LogP contribution in [0.15, 0.2) is 76.1 Å². The molecule has 1 heterocycles. The molecule has 174 valence electrons. The van der Waals surface area contributed by atoms with E-state index in [1.165, 1.54) is 17.3 Å². The first-order valence-corrected chi connectivity index (χ1v) is 12.9. The number of halogens is 1. The summed E-state index contributed by atoms with van der Waals surface area (Å²) in [5.74, 6) is 1.22. The fourth-order valence-electron chi connectivity index (χ4n) is 3.41. The van der Waals surface area contributed by atoms with Crippen LogP contribution in [0.5, 0.6) is 11.5 Å². The SMILES string of the molecule is CCOc1cc(C=C2SC(=S)N(Cc3ccc(C)cc3)C2=O)ccc1OCc1ccc(Br)cc1. The van der Waals surface area contributed by atoms with Gasteiger partial charge in [-0.1, -0.05) is 87.9 Å². The lowest BCUT2D eigenvalue weighted by atomic mass is 10.1. The first kappa shape index (κ1) is 24.5. The van der Waals surface area contributed by atoms with Gasteiger partial charge in [-0.05, 0) is 60.9 Å². The summed E-state index contributed by atoms with van der Waals surface area (Å²) >= 11 is 10.3. The summed E-state index contributed by atoms with van der Waals surface area (Å²) in [7, 11) is 0. The molecule has 1 fully saturated rings. The van der Waals surface area contributed by atoms with Gasteiger partial charge in [-0.25, -0.2) is 0 Å². The summed E-state index contributed by atoms with van der Waals surface area (Å²) in [6, 6.07) is 21.8. The number of aryl methyl sites for hydroxylation is 1. The first-order valence-electron chi connectivity index (χ1n) is 10.9. The van der Waals surface area contributed by atoms with E-state index in [1.54, 1.807) is 4.90 Å². The quantitative estimate of drug-likeness (QED) is 0.219. The molecule has 1 aliphatic rings. The van der Waals surface area contributed by atoms with Crippen molar-refractivity contribution in [3.05, 3.63) is 98.4 Å². The van der Waals surface area contributed by atoms with E-state index in [4.69, 9.17) is 21.7 Å². The molecule has 0 radical (unpaired) electrons. The van der Waals surface area contributed by atoms with Crippen LogP contribution in [0.25, 0.3) is 6.08 Å². The van der Waals surface area contributed by atoms with Crippen molar-refractivity contribution in [3.8, 4) is 11.5 Å². The number of thioether (sulfide) groups is 1. The summed E-state index contributed by atoms with van der Waals surface area (Å²) in [5.41, 5.74) is 4.15. The summed E-state index contributed by atoms with van der Waals surface area (Å²) in [4.78, 5) is 15.3. The van der Waals surface area contributed by atoms with E-state index >= 15 is 0 Å². The molecule has 4 rings (SSSR count). The molecule has 1 saturated heterocycles. The molecule has 34 heavy (non-hydrogen) atoms. The number of hydrogen-bond donors (Lipinski definition) is 0. The molecule has 0 N–H and O–H groups in total. The van der Waals surface area contributed by atoms with Crippen molar-refractivity contribution in [1.82, 2.24) is 4.90 Å². The zero-order valence-corrected chi connectivity index (χ0v) is 22.1. The van der Waals surface area contributed by atoms with Gasteiger partial charge in [-0.2, -0.15) is 0 Å². The average Bonchev–Trinajstić information content (AvgIpc) is 3.08. The van der Waals surface area contributed by atoms with Crippen LogP contribution in [0.3, 0.4) is 0 Å². The third-order valence-corrected chi connectivity index (χ3v) is 7.11. The molecular weight excluding hydrogens is 530 g/mol. The highest BCUT2D eigenvalue weighted by Crippen LogP contribution is 2.36. The second kappa shape index (κ2) is 11.2. The van der Waals surface area contributed by atoms with Crippen LogP contribution in [-0.4, -0.2) is 21.7 Å². The van der Waals surface area contributed by atoms with E-state index in [0.717, 1.165) is 21.2 Å². The Hall–Kier alpha value is -2.61. The highest BCUT2D eigenvalue weighted by Gasteiger charge is 2.32. The van der Waals surface area contributed by atoms with Gasteiger partial charge >= 0.3 is 0 Å². The molecule has 7 heteroatoms. The number of thiocarbonyl (C=S) groups is 1. The largest absolute Gasteiger partial charge is 0.490 e. The minimum atomic E-state index is -0.0795. The number of rotatable bonds is 8.